The highest BCUT2D eigenvalue weighted by atomic mass is 15.2. The van der Waals surface area contributed by atoms with Crippen LogP contribution in [0.1, 0.15) is 25.3 Å². The zero-order valence-corrected chi connectivity index (χ0v) is 9.66. The topological polar surface area (TPSA) is 29.3 Å². The van der Waals surface area contributed by atoms with Crippen LogP contribution < -0.4 is 10.6 Å². The Morgan fingerprint density at radius 3 is 2.87 bits per heavy atom. The fourth-order valence-electron chi connectivity index (χ4n) is 2.48. The van der Waals surface area contributed by atoms with E-state index in [2.05, 4.69) is 24.8 Å². The first-order chi connectivity index (χ1) is 7.22. The summed E-state index contributed by atoms with van der Waals surface area (Å²) in [5.41, 5.74) is 9.53. The summed E-state index contributed by atoms with van der Waals surface area (Å²) in [4.78, 5) is 2.44. The number of para-hydroxylation sites is 1. The normalized spacial score (nSPS) is 20.9. The molecule has 2 nitrogen and oxygen atoms in total. The van der Waals surface area contributed by atoms with E-state index in [4.69, 9.17) is 5.73 Å². The molecule has 0 radical (unpaired) electrons. The van der Waals surface area contributed by atoms with Crippen LogP contribution in [0.5, 0.6) is 0 Å². The van der Waals surface area contributed by atoms with E-state index in [0.717, 1.165) is 18.2 Å². The molecule has 0 aliphatic carbocycles. The van der Waals surface area contributed by atoms with Gasteiger partial charge in [-0.2, -0.15) is 0 Å². The van der Waals surface area contributed by atoms with Crippen molar-refractivity contribution < 1.29 is 0 Å². The minimum atomic E-state index is 0.851. The minimum Gasteiger partial charge on any atom is -0.397 e. The van der Waals surface area contributed by atoms with Gasteiger partial charge in [-0.05, 0) is 30.9 Å². The third-order valence-electron chi connectivity index (χ3n) is 3.45. The largest absolute Gasteiger partial charge is 0.397 e. The van der Waals surface area contributed by atoms with Crippen molar-refractivity contribution in [2.45, 2.75) is 26.7 Å². The number of aryl methyl sites for hydroxylation is 1. The van der Waals surface area contributed by atoms with Crippen molar-refractivity contribution in [1.82, 2.24) is 0 Å². The van der Waals surface area contributed by atoms with E-state index in [0.29, 0.717) is 0 Å². The lowest BCUT2D eigenvalue weighted by atomic mass is 10.1. The van der Waals surface area contributed by atoms with Crippen LogP contribution in [0.3, 0.4) is 0 Å². The van der Waals surface area contributed by atoms with Gasteiger partial charge in [0.05, 0.1) is 11.4 Å². The van der Waals surface area contributed by atoms with Gasteiger partial charge in [0, 0.05) is 13.1 Å². The first-order valence-electron chi connectivity index (χ1n) is 5.82. The fourth-order valence-corrected chi connectivity index (χ4v) is 2.48. The molecule has 2 heteroatoms. The summed E-state index contributed by atoms with van der Waals surface area (Å²) in [5.74, 6) is 0.851. The molecule has 1 aliphatic rings. The second kappa shape index (κ2) is 4.13. The van der Waals surface area contributed by atoms with Crippen molar-refractivity contribution >= 4 is 11.4 Å². The summed E-state index contributed by atoms with van der Waals surface area (Å²) >= 11 is 0. The lowest BCUT2D eigenvalue weighted by Crippen LogP contribution is -2.21. The van der Waals surface area contributed by atoms with E-state index in [1.807, 2.05) is 12.1 Å². The zero-order chi connectivity index (χ0) is 10.8. The van der Waals surface area contributed by atoms with E-state index in [1.54, 1.807) is 0 Å². The third kappa shape index (κ3) is 1.94. The molecule has 0 saturated carbocycles. The average Bonchev–Trinajstić information content (AvgIpc) is 2.66. The van der Waals surface area contributed by atoms with Gasteiger partial charge in [-0.15, -0.1) is 0 Å². The Hall–Kier alpha value is -1.18. The summed E-state index contributed by atoms with van der Waals surface area (Å²) < 4.78 is 0. The zero-order valence-electron chi connectivity index (χ0n) is 9.66. The number of nitrogens with zero attached hydrogens (tertiary/aromatic N) is 1. The molecule has 1 aromatic carbocycles. The van der Waals surface area contributed by atoms with Crippen molar-refractivity contribution in [1.29, 1.82) is 0 Å². The van der Waals surface area contributed by atoms with Crippen molar-refractivity contribution in [3.05, 3.63) is 23.8 Å². The van der Waals surface area contributed by atoms with Gasteiger partial charge in [0.1, 0.15) is 0 Å². The summed E-state index contributed by atoms with van der Waals surface area (Å²) in [6.45, 7) is 6.75. The Bertz CT molecular complexity index is 326. The van der Waals surface area contributed by atoms with Crippen LogP contribution in [0.2, 0.25) is 0 Å². The Kier molecular flexibility index (Phi) is 2.85. The van der Waals surface area contributed by atoms with Crippen molar-refractivity contribution in [2.24, 2.45) is 5.92 Å². The molecule has 0 bridgehead atoms. The fraction of sp³-hybridized carbons (Fsp3) is 0.538. The van der Waals surface area contributed by atoms with Crippen LogP contribution in [-0.2, 0) is 0 Å². The van der Waals surface area contributed by atoms with Gasteiger partial charge in [0.15, 0.2) is 0 Å². The summed E-state index contributed by atoms with van der Waals surface area (Å²) in [6, 6.07) is 6.17. The van der Waals surface area contributed by atoms with E-state index in [1.165, 1.54) is 30.6 Å². The van der Waals surface area contributed by atoms with E-state index in [9.17, 15) is 0 Å². The SMILES string of the molecule is CCC1CCN(c2c(C)cccc2N)C1. The first kappa shape index (κ1) is 10.3. The van der Waals surface area contributed by atoms with E-state index in [-0.39, 0.29) is 0 Å². The molecule has 0 spiro atoms. The average molecular weight is 204 g/mol. The highest BCUT2D eigenvalue weighted by molar-refractivity contribution is 5.71. The standard InChI is InChI=1S/C13H20N2/c1-3-11-7-8-15(9-11)13-10(2)5-4-6-12(13)14/h4-6,11H,3,7-9,14H2,1-2H3. The maximum Gasteiger partial charge on any atom is 0.0629 e. The molecule has 0 aromatic heterocycles. The molecular weight excluding hydrogens is 184 g/mol. The second-order valence-electron chi connectivity index (χ2n) is 4.52. The number of nitrogen functional groups attached to an aromatic ring is 1. The van der Waals surface area contributed by atoms with Gasteiger partial charge in [-0.25, -0.2) is 0 Å². The molecule has 1 heterocycles. The maximum absolute atomic E-state index is 6.05. The third-order valence-corrected chi connectivity index (χ3v) is 3.45. The van der Waals surface area contributed by atoms with Crippen molar-refractivity contribution in [3.8, 4) is 0 Å². The number of benzene rings is 1. The van der Waals surface area contributed by atoms with Crippen LogP contribution in [0.15, 0.2) is 18.2 Å². The number of hydrogen-bond donors (Lipinski definition) is 1. The van der Waals surface area contributed by atoms with Gasteiger partial charge < -0.3 is 10.6 Å². The molecule has 2 rings (SSSR count). The van der Waals surface area contributed by atoms with Gasteiger partial charge in [-0.1, -0.05) is 25.5 Å². The number of rotatable bonds is 2. The molecule has 1 fully saturated rings. The smallest absolute Gasteiger partial charge is 0.0629 e. The Morgan fingerprint density at radius 2 is 2.27 bits per heavy atom. The molecule has 1 aliphatic heterocycles. The van der Waals surface area contributed by atoms with Crippen LogP contribution in [0.25, 0.3) is 0 Å². The quantitative estimate of drug-likeness (QED) is 0.751. The molecule has 1 saturated heterocycles. The number of anilines is 2. The molecule has 2 N–H and O–H groups in total. The Labute approximate surface area is 92.1 Å². The number of nitrogens with two attached hydrogens (primary N) is 1. The van der Waals surface area contributed by atoms with E-state index < -0.39 is 0 Å². The monoisotopic (exact) mass is 204 g/mol. The summed E-state index contributed by atoms with van der Waals surface area (Å²) in [7, 11) is 0. The summed E-state index contributed by atoms with van der Waals surface area (Å²) in [5, 5.41) is 0. The molecular formula is C13H20N2. The Balaban J connectivity index is 2.23. The lowest BCUT2D eigenvalue weighted by Gasteiger charge is -2.22. The van der Waals surface area contributed by atoms with Gasteiger partial charge in [-0.3, -0.25) is 0 Å². The van der Waals surface area contributed by atoms with Gasteiger partial charge in [0.2, 0.25) is 0 Å². The molecule has 1 atom stereocenters. The predicted octanol–water partition coefficient (Wildman–Crippen LogP) is 2.81. The highest BCUT2D eigenvalue weighted by Crippen LogP contribution is 2.32. The van der Waals surface area contributed by atoms with Crippen LogP contribution in [0.4, 0.5) is 11.4 Å². The molecule has 1 unspecified atom stereocenters. The first-order valence-corrected chi connectivity index (χ1v) is 5.82. The molecule has 15 heavy (non-hydrogen) atoms. The minimum absolute atomic E-state index is 0.851. The second-order valence-corrected chi connectivity index (χ2v) is 4.52. The number of hydrogen-bond acceptors (Lipinski definition) is 2. The predicted molar refractivity (Wildman–Crippen MR) is 66.2 cm³/mol. The van der Waals surface area contributed by atoms with Crippen LogP contribution in [-0.4, -0.2) is 13.1 Å². The van der Waals surface area contributed by atoms with Crippen molar-refractivity contribution in [2.75, 3.05) is 23.7 Å². The Morgan fingerprint density at radius 1 is 1.47 bits per heavy atom. The van der Waals surface area contributed by atoms with Gasteiger partial charge >= 0.3 is 0 Å². The van der Waals surface area contributed by atoms with E-state index >= 15 is 0 Å². The molecule has 1 aromatic rings. The maximum atomic E-state index is 6.05. The molecule has 0 amide bonds. The highest BCUT2D eigenvalue weighted by Gasteiger charge is 2.23. The van der Waals surface area contributed by atoms with Crippen molar-refractivity contribution in [3.63, 3.8) is 0 Å². The van der Waals surface area contributed by atoms with Gasteiger partial charge in [0.25, 0.3) is 0 Å². The van der Waals surface area contributed by atoms with Crippen LogP contribution in [0, 0.1) is 12.8 Å². The van der Waals surface area contributed by atoms with Crippen LogP contribution >= 0.6 is 0 Å². The summed E-state index contributed by atoms with van der Waals surface area (Å²) in [6.07, 6.45) is 2.59. The molecule has 82 valence electrons. The lowest BCUT2D eigenvalue weighted by molar-refractivity contribution is 0.569.